The fourth-order valence-corrected chi connectivity index (χ4v) is 2.84. The van der Waals surface area contributed by atoms with Gasteiger partial charge in [0.1, 0.15) is 11.9 Å². The van der Waals surface area contributed by atoms with Gasteiger partial charge in [0, 0.05) is 11.6 Å². The Hall–Kier alpha value is -2.57. The van der Waals surface area contributed by atoms with Crippen LogP contribution in [0.25, 0.3) is 0 Å². The first kappa shape index (κ1) is 17.3. The number of hydrogen-bond acceptors (Lipinski definition) is 4. The highest BCUT2D eigenvalue weighted by Gasteiger charge is 2.24. The first-order chi connectivity index (χ1) is 12.0. The van der Waals surface area contributed by atoms with Crippen molar-refractivity contribution in [3.63, 3.8) is 0 Å². The van der Waals surface area contributed by atoms with Gasteiger partial charge in [-0.15, -0.1) is 0 Å². The molecule has 1 fully saturated rings. The predicted molar refractivity (Wildman–Crippen MR) is 87.3 cm³/mol. The van der Waals surface area contributed by atoms with Gasteiger partial charge in [-0.25, -0.2) is 18.7 Å². The third-order valence-electron chi connectivity index (χ3n) is 4.31. The van der Waals surface area contributed by atoms with Crippen LogP contribution in [-0.2, 0) is 0 Å². The van der Waals surface area contributed by atoms with Gasteiger partial charge in [0.05, 0.1) is 12.4 Å². The van der Waals surface area contributed by atoms with Crippen molar-refractivity contribution in [1.82, 2.24) is 15.3 Å². The number of rotatable bonds is 4. The Bertz CT molecular complexity index is 744. The molecule has 132 valence electrons. The molecule has 0 atom stereocenters. The summed E-state index contributed by atoms with van der Waals surface area (Å²) in [7, 11) is 0. The lowest BCUT2D eigenvalue weighted by molar-refractivity contribution is 0.0884. The number of aromatic nitrogens is 2. The molecule has 2 aromatic rings. The number of halogens is 2. The van der Waals surface area contributed by atoms with Crippen LogP contribution >= 0.6 is 0 Å². The fraction of sp³-hybridized carbons (Fsp3) is 0.389. The first-order valence-corrected chi connectivity index (χ1v) is 8.22. The average molecular weight is 347 g/mol. The highest BCUT2D eigenvalue weighted by Crippen LogP contribution is 2.22. The highest BCUT2D eigenvalue weighted by molar-refractivity contribution is 5.94. The van der Waals surface area contributed by atoms with Crippen molar-refractivity contribution in [2.24, 2.45) is 0 Å². The van der Waals surface area contributed by atoms with E-state index in [0.717, 1.165) is 38.1 Å². The standard InChI is InChI=1S/C18H19F2N3O2/c1-11-2-3-12(8-16(11)20)17(24)23-14-4-6-15(7-5-14)25-18-21-9-13(19)10-22-18/h2-3,8-10,14-15H,4-7H2,1H3,(H,23,24). The predicted octanol–water partition coefficient (Wildman–Crippen LogP) is 3.18. The van der Waals surface area contributed by atoms with Crippen LogP contribution in [0.4, 0.5) is 8.78 Å². The zero-order valence-electron chi connectivity index (χ0n) is 13.8. The molecule has 25 heavy (non-hydrogen) atoms. The van der Waals surface area contributed by atoms with Crippen molar-refractivity contribution in [3.05, 3.63) is 53.4 Å². The van der Waals surface area contributed by atoms with Gasteiger partial charge in [-0.05, 0) is 50.3 Å². The summed E-state index contributed by atoms with van der Waals surface area (Å²) in [6.07, 6.45) is 5.01. The van der Waals surface area contributed by atoms with Gasteiger partial charge in [0.2, 0.25) is 0 Å². The highest BCUT2D eigenvalue weighted by atomic mass is 19.1. The van der Waals surface area contributed by atoms with Crippen molar-refractivity contribution in [3.8, 4) is 6.01 Å². The third-order valence-corrected chi connectivity index (χ3v) is 4.31. The quantitative estimate of drug-likeness (QED) is 0.923. The Balaban J connectivity index is 1.49. The number of amides is 1. The number of hydrogen-bond donors (Lipinski definition) is 1. The van der Waals surface area contributed by atoms with E-state index in [1.54, 1.807) is 19.1 Å². The van der Waals surface area contributed by atoms with Crippen molar-refractivity contribution in [1.29, 1.82) is 0 Å². The van der Waals surface area contributed by atoms with Gasteiger partial charge in [0.15, 0.2) is 5.82 Å². The Labute approximate surface area is 144 Å². The second kappa shape index (κ2) is 7.55. The van der Waals surface area contributed by atoms with Crippen LogP contribution < -0.4 is 10.1 Å². The van der Waals surface area contributed by atoms with E-state index in [1.165, 1.54) is 6.07 Å². The minimum atomic E-state index is -0.508. The van der Waals surface area contributed by atoms with E-state index in [0.29, 0.717) is 11.1 Å². The lowest BCUT2D eigenvalue weighted by Crippen LogP contribution is -2.39. The van der Waals surface area contributed by atoms with Gasteiger partial charge in [-0.2, -0.15) is 0 Å². The Morgan fingerprint density at radius 2 is 1.84 bits per heavy atom. The molecule has 1 aromatic carbocycles. The summed E-state index contributed by atoms with van der Waals surface area (Å²) < 4.78 is 32.0. The van der Waals surface area contributed by atoms with E-state index in [9.17, 15) is 13.6 Å². The van der Waals surface area contributed by atoms with Crippen LogP contribution in [0.1, 0.15) is 41.6 Å². The van der Waals surface area contributed by atoms with Gasteiger partial charge in [0.25, 0.3) is 5.91 Å². The molecule has 7 heteroatoms. The molecule has 5 nitrogen and oxygen atoms in total. The number of benzene rings is 1. The number of carbonyl (C=O) groups is 1. The molecule has 0 aliphatic heterocycles. The number of nitrogens with one attached hydrogen (secondary N) is 1. The van der Waals surface area contributed by atoms with Crippen molar-refractivity contribution in [2.75, 3.05) is 0 Å². The zero-order valence-corrected chi connectivity index (χ0v) is 13.8. The van der Waals surface area contributed by atoms with Crippen molar-refractivity contribution < 1.29 is 18.3 Å². The third kappa shape index (κ3) is 4.49. The van der Waals surface area contributed by atoms with E-state index < -0.39 is 5.82 Å². The molecular weight excluding hydrogens is 328 g/mol. The van der Waals surface area contributed by atoms with E-state index in [2.05, 4.69) is 15.3 Å². The molecule has 1 amide bonds. The smallest absolute Gasteiger partial charge is 0.316 e. The van der Waals surface area contributed by atoms with Gasteiger partial charge in [-0.3, -0.25) is 4.79 Å². The second-order valence-electron chi connectivity index (χ2n) is 6.21. The molecule has 0 saturated heterocycles. The van der Waals surface area contributed by atoms with Crippen molar-refractivity contribution in [2.45, 2.75) is 44.8 Å². The minimum absolute atomic E-state index is 0.0193. The van der Waals surface area contributed by atoms with E-state index in [1.807, 2.05) is 0 Å². The summed E-state index contributed by atoms with van der Waals surface area (Å²) in [5.41, 5.74) is 0.832. The maximum atomic E-state index is 13.6. The summed E-state index contributed by atoms with van der Waals surface area (Å²) in [5, 5.41) is 2.93. The average Bonchev–Trinajstić information content (AvgIpc) is 2.61. The molecule has 1 aliphatic rings. The molecule has 3 rings (SSSR count). The molecule has 1 N–H and O–H groups in total. The molecule has 0 bridgehead atoms. The largest absolute Gasteiger partial charge is 0.460 e. The normalized spacial score (nSPS) is 20.1. The minimum Gasteiger partial charge on any atom is -0.460 e. The molecule has 1 heterocycles. The summed E-state index contributed by atoms with van der Waals surface area (Å²) in [5.74, 6) is -1.17. The summed E-state index contributed by atoms with van der Waals surface area (Å²) in [4.78, 5) is 19.8. The van der Waals surface area contributed by atoms with Gasteiger partial charge < -0.3 is 10.1 Å². The lowest BCUT2D eigenvalue weighted by Gasteiger charge is -2.28. The lowest BCUT2D eigenvalue weighted by atomic mass is 9.92. The van der Waals surface area contributed by atoms with E-state index in [-0.39, 0.29) is 29.9 Å². The maximum Gasteiger partial charge on any atom is 0.316 e. The number of ether oxygens (including phenoxy) is 1. The van der Waals surface area contributed by atoms with E-state index >= 15 is 0 Å². The topological polar surface area (TPSA) is 64.1 Å². The maximum absolute atomic E-state index is 13.6. The Kier molecular flexibility index (Phi) is 5.21. The van der Waals surface area contributed by atoms with Crippen LogP contribution in [-0.4, -0.2) is 28.0 Å². The number of nitrogens with zero attached hydrogens (tertiary/aromatic N) is 2. The summed E-state index contributed by atoms with van der Waals surface area (Å²) in [6.45, 7) is 1.66. The fourth-order valence-electron chi connectivity index (χ4n) is 2.84. The monoisotopic (exact) mass is 347 g/mol. The molecule has 0 radical (unpaired) electrons. The van der Waals surface area contributed by atoms with Crippen LogP contribution in [0.5, 0.6) is 6.01 Å². The molecular formula is C18H19F2N3O2. The SMILES string of the molecule is Cc1ccc(C(=O)NC2CCC(Oc3ncc(F)cn3)CC2)cc1F. The van der Waals surface area contributed by atoms with Crippen LogP contribution in [0.2, 0.25) is 0 Å². The molecule has 1 aromatic heterocycles. The Morgan fingerprint density at radius 1 is 1.16 bits per heavy atom. The van der Waals surface area contributed by atoms with Crippen LogP contribution in [0.3, 0.4) is 0 Å². The number of aryl methyl sites for hydroxylation is 1. The van der Waals surface area contributed by atoms with Crippen LogP contribution in [0, 0.1) is 18.6 Å². The van der Waals surface area contributed by atoms with Gasteiger partial charge in [-0.1, -0.05) is 6.07 Å². The Morgan fingerprint density at radius 3 is 2.48 bits per heavy atom. The van der Waals surface area contributed by atoms with Crippen LogP contribution in [0.15, 0.2) is 30.6 Å². The molecule has 0 spiro atoms. The molecule has 0 unspecified atom stereocenters. The number of carbonyl (C=O) groups excluding carboxylic acids is 1. The summed E-state index contributed by atoms with van der Waals surface area (Å²) >= 11 is 0. The zero-order chi connectivity index (χ0) is 17.8. The van der Waals surface area contributed by atoms with Gasteiger partial charge >= 0.3 is 6.01 Å². The molecule has 1 aliphatic carbocycles. The van der Waals surface area contributed by atoms with Crippen molar-refractivity contribution >= 4 is 5.91 Å². The first-order valence-electron chi connectivity index (χ1n) is 8.22. The summed E-state index contributed by atoms with van der Waals surface area (Å²) in [6, 6.07) is 4.65. The van der Waals surface area contributed by atoms with E-state index in [4.69, 9.17) is 4.74 Å². The second-order valence-corrected chi connectivity index (χ2v) is 6.21. The molecule has 1 saturated carbocycles.